The molecule has 0 aliphatic carbocycles. The van der Waals surface area contributed by atoms with Crippen LogP contribution in [0.1, 0.15) is 39.0 Å². The number of aliphatic hydroxyl groups is 1. The SMILES string of the molecule is CCC(=O)N1CCC[C@@H]1[C@@H]1CCCN1C[C@H](O)COc1ccccc1. The molecular weight excluding hydrogens is 316 g/mol. The van der Waals surface area contributed by atoms with Crippen molar-refractivity contribution in [3.8, 4) is 5.75 Å². The van der Waals surface area contributed by atoms with Gasteiger partial charge in [-0.05, 0) is 44.4 Å². The lowest BCUT2D eigenvalue weighted by Crippen LogP contribution is -2.50. The van der Waals surface area contributed by atoms with Gasteiger partial charge in [-0.25, -0.2) is 0 Å². The zero-order valence-electron chi connectivity index (χ0n) is 15.1. The highest BCUT2D eigenvalue weighted by Crippen LogP contribution is 2.30. The molecule has 25 heavy (non-hydrogen) atoms. The van der Waals surface area contributed by atoms with E-state index in [4.69, 9.17) is 4.74 Å². The molecule has 2 aliphatic rings. The standard InChI is InChI=1S/C20H30N2O3/c1-2-20(24)22-13-7-11-19(22)18-10-6-12-21(18)14-16(23)15-25-17-8-4-3-5-9-17/h3-5,8-9,16,18-19,23H,2,6-7,10-15H2,1H3/t16-,18-,19+/m0/s1. The van der Waals surface area contributed by atoms with Crippen molar-refractivity contribution in [3.63, 3.8) is 0 Å². The molecule has 2 fully saturated rings. The van der Waals surface area contributed by atoms with E-state index in [9.17, 15) is 9.90 Å². The first-order valence-electron chi connectivity index (χ1n) is 9.58. The van der Waals surface area contributed by atoms with Gasteiger partial charge in [0.05, 0.1) is 0 Å². The molecular formula is C20H30N2O3. The number of amides is 1. The number of benzene rings is 1. The Morgan fingerprint density at radius 1 is 1.20 bits per heavy atom. The Balaban J connectivity index is 1.53. The lowest BCUT2D eigenvalue weighted by molar-refractivity contribution is -0.132. The topological polar surface area (TPSA) is 53.0 Å². The number of rotatable bonds is 7. The lowest BCUT2D eigenvalue weighted by Gasteiger charge is -2.35. The summed E-state index contributed by atoms with van der Waals surface area (Å²) in [4.78, 5) is 16.7. The fourth-order valence-electron chi connectivity index (χ4n) is 4.25. The van der Waals surface area contributed by atoms with E-state index in [2.05, 4.69) is 9.80 Å². The summed E-state index contributed by atoms with van der Waals surface area (Å²) in [6, 6.07) is 10.3. The van der Waals surface area contributed by atoms with E-state index in [1.807, 2.05) is 37.3 Å². The first kappa shape index (κ1) is 18.2. The number of β-amino-alcohol motifs (C(OH)–C–C–N with tert-alkyl or cyclic N) is 1. The number of nitrogens with zero attached hydrogens (tertiary/aromatic N) is 2. The molecule has 0 unspecified atom stereocenters. The first-order chi connectivity index (χ1) is 12.2. The molecule has 5 heteroatoms. The van der Waals surface area contributed by atoms with Gasteiger partial charge in [-0.1, -0.05) is 25.1 Å². The molecule has 1 amide bonds. The number of carbonyl (C=O) groups is 1. The predicted molar refractivity (Wildman–Crippen MR) is 97.6 cm³/mol. The molecule has 5 nitrogen and oxygen atoms in total. The fourth-order valence-corrected chi connectivity index (χ4v) is 4.25. The van der Waals surface area contributed by atoms with Crippen molar-refractivity contribution in [3.05, 3.63) is 30.3 Å². The Hall–Kier alpha value is -1.59. The smallest absolute Gasteiger partial charge is 0.222 e. The Morgan fingerprint density at radius 3 is 2.68 bits per heavy atom. The quantitative estimate of drug-likeness (QED) is 0.823. The van der Waals surface area contributed by atoms with Crippen LogP contribution in [0.15, 0.2) is 30.3 Å². The van der Waals surface area contributed by atoms with Crippen molar-refractivity contribution < 1.29 is 14.6 Å². The Bertz CT molecular complexity index is 551. The maximum atomic E-state index is 12.2. The van der Waals surface area contributed by atoms with E-state index in [-0.39, 0.29) is 5.91 Å². The summed E-state index contributed by atoms with van der Waals surface area (Å²) < 4.78 is 5.67. The molecule has 0 spiro atoms. The minimum absolute atomic E-state index is 0.266. The molecule has 1 aromatic carbocycles. The molecule has 138 valence electrons. The largest absolute Gasteiger partial charge is 0.491 e. The summed E-state index contributed by atoms with van der Waals surface area (Å²) in [5, 5.41) is 10.4. The molecule has 2 aliphatic heterocycles. The van der Waals surface area contributed by atoms with Crippen molar-refractivity contribution in [2.24, 2.45) is 0 Å². The number of likely N-dealkylation sites (tertiary alicyclic amines) is 2. The van der Waals surface area contributed by atoms with Crippen LogP contribution in [0.25, 0.3) is 0 Å². The normalized spacial score (nSPS) is 25.3. The summed E-state index contributed by atoms with van der Waals surface area (Å²) in [5.41, 5.74) is 0. The van der Waals surface area contributed by atoms with Crippen molar-refractivity contribution in [1.29, 1.82) is 0 Å². The second-order valence-corrected chi connectivity index (χ2v) is 7.13. The third kappa shape index (κ3) is 4.53. The van der Waals surface area contributed by atoms with Gasteiger partial charge in [-0.3, -0.25) is 9.69 Å². The van der Waals surface area contributed by atoms with Crippen molar-refractivity contribution in [2.45, 2.75) is 57.2 Å². The zero-order chi connectivity index (χ0) is 17.6. The number of aliphatic hydroxyl groups excluding tert-OH is 1. The monoisotopic (exact) mass is 346 g/mol. The van der Waals surface area contributed by atoms with E-state index in [1.165, 1.54) is 0 Å². The molecule has 0 aromatic heterocycles. The van der Waals surface area contributed by atoms with Crippen molar-refractivity contribution in [2.75, 3.05) is 26.2 Å². The molecule has 2 saturated heterocycles. The number of hydrogen-bond donors (Lipinski definition) is 1. The third-order valence-corrected chi connectivity index (χ3v) is 5.41. The van der Waals surface area contributed by atoms with Gasteiger partial charge in [0, 0.05) is 31.6 Å². The lowest BCUT2D eigenvalue weighted by atomic mass is 10.0. The highest BCUT2D eigenvalue weighted by atomic mass is 16.5. The van der Waals surface area contributed by atoms with Crippen LogP contribution in [0, 0.1) is 0 Å². The highest BCUT2D eigenvalue weighted by molar-refractivity contribution is 5.76. The predicted octanol–water partition coefficient (Wildman–Crippen LogP) is 2.29. The second kappa shape index (κ2) is 8.68. The maximum Gasteiger partial charge on any atom is 0.222 e. The first-order valence-corrected chi connectivity index (χ1v) is 9.58. The van der Waals surface area contributed by atoms with Gasteiger partial charge < -0.3 is 14.7 Å². The Kier molecular flexibility index (Phi) is 6.32. The van der Waals surface area contributed by atoms with Crippen LogP contribution in [-0.4, -0.2) is 65.2 Å². The maximum absolute atomic E-state index is 12.2. The van der Waals surface area contributed by atoms with Crippen LogP contribution >= 0.6 is 0 Å². The van der Waals surface area contributed by atoms with Crippen LogP contribution in [0.4, 0.5) is 0 Å². The minimum atomic E-state index is -0.516. The van der Waals surface area contributed by atoms with Crippen LogP contribution in [-0.2, 0) is 4.79 Å². The number of ether oxygens (including phenoxy) is 1. The van der Waals surface area contributed by atoms with E-state index in [1.54, 1.807) is 0 Å². The van der Waals surface area contributed by atoms with Gasteiger partial charge in [0.25, 0.3) is 0 Å². The van der Waals surface area contributed by atoms with Gasteiger partial charge in [0.1, 0.15) is 18.5 Å². The summed E-state index contributed by atoms with van der Waals surface area (Å²) in [5.74, 6) is 1.05. The molecule has 1 N–H and O–H groups in total. The highest BCUT2D eigenvalue weighted by Gasteiger charge is 2.39. The van der Waals surface area contributed by atoms with E-state index in [0.717, 1.165) is 44.5 Å². The number of para-hydroxylation sites is 1. The fraction of sp³-hybridized carbons (Fsp3) is 0.650. The van der Waals surface area contributed by atoms with Crippen molar-refractivity contribution in [1.82, 2.24) is 9.80 Å². The van der Waals surface area contributed by atoms with Crippen LogP contribution < -0.4 is 4.74 Å². The summed E-state index contributed by atoms with van der Waals surface area (Å²) in [7, 11) is 0. The molecule has 2 heterocycles. The van der Waals surface area contributed by atoms with Gasteiger partial charge in [-0.2, -0.15) is 0 Å². The molecule has 0 saturated carbocycles. The molecule has 3 rings (SSSR count). The van der Waals surface area contributed by atoms with E-state index >= 15 is 0 Å². The summed E-state index contributed by atoms with van der Waals surface area (Å²) >= 11 is 0. The van der Waals surface area contributed by atoms with Crippen molar-refractivity contribution >= 4 is 5.91 Å². The van der Waals surface area contributed by atoms with Gasteiger partial charge >= 0.3 is 0 Å². The number of hydrogen-bond acceptors (Lipinski definition) is 4. The molecule has 0 bridgehead atoms. The van der Waals surface area contributed by atoms with E-state index < -0.39 is 6.10 Å². The summed E-state index contributed by atoms with van der Waals surface area (Å²) in [6.45, 7) is 4.74. The van der Waals surface area contributed by atoms with Crippen LogP contribution in [0.3, 0.4) is 0 Å². The third-order valence-electron chi connectivity index (χ3n) is 5.41. The van der Waals surface area contributed by atoms with Crippen LogP contribution in [0.5, 0.6) is 5.75 Å². The zero-order valence-corrected chi connectivity index (χ0v) is 15.1. The van der Waals surface area contributed by atoms with Gasteiger partial charge in [0.2, 0.25) is 5.91 Å². The average molecular weight is 346 g/mol. The van der Waals surface area contributed by atoms with E-state index in [0.29, 0.717) is 31.7 Å². The van der Waals surface area contributed by atoms with Gasteiger partial charge in [-0.15, -0.1) is 0 Å². The summed E-state index contributed by atoms with van der Waals surface area (Å²) in [6.07, 6.45) is 4.50. The molecule has 1 aromatic rings. The molecule has 3 atom stereocenters. The number of carbonyl (C=O) groups excluding carboxylic acids is 1. The van der Waals surface area contributed by atoms with Crippen LogP contribution in [0.2, 0.25) is 0 Å². The Labute approximate surface area is 150 Å². The van der Waals surface area contributed by atoms with Gasteiger partial charge in [0.15, 0.2) is 0 Å². The molecule has 0 radical (unpaired) electrons. The minimum Gasteiger partial charge on any atom is -0.491 e. The average Bonchev–Trinajstić information content (AvgIpc) is 3.29. The second-order valence-electron chi connectivity index (χ2n) is 7.13. The Morgan fingerprint density at radius 2 is 1.92 bits per heavy atom.